The Morgan fingerprint density at radius 3 is 2.29 bits per heavy atom. The van der Waals surface area contributed by atoms with E-state index >= 15 is 0 Å². The number of hydrogen-bond donors (Lipinski definition) is 3. The van der Waals surface area contributed by atoms with E-state index < -0.39 is 28.9 Å². The number of anilines is 4. The van der Waals surface area contributed by atoms with Crippen LogP contribution in [-0.4, -0.2) is 144 Å². The Kier molecular flexibility index (Phi) is 17.4. The summed E-state index contributed by atoms with van der Waals surface area (Å²) in [4.78, 5) is 66.0. The third-order valence-electron chi connectivity index (χ3n) is 15.5. The van der Waals surface area contributed by atoms with E-state index in [1.54, 1.807) is 11.8 Å². The summed E-state index contributed by atoms with van der Waals surface area (Å²) in [5.41, 5.74) is 9.67. The van der Waals surface area contributed by atoms with Crippen LogP contribution in [0.5, 0.6) is 11.6 Å². The number of unbranched alkanes of at least 4 members (excludes halogenated alkanes) is 1. The quantitative estimate of drug-likeness (QED) is 0.0413. The van der Waals surface area contributed by atoms with Gasteiger partial charge in [-0.1, -0.05) is 30.7 Å². The molecule has 3 aliphatic heterocycles. The second kappa shape index (κ2) is 24.3. The number of carbonyl (C=O) groups is 4. The molecule has 19 heteroatoms. The van der Waals surface area contributed by atoms with Crippen molar-refractivity contribution in [2.45, 2.75) is 153 Å². The number of pyridine rings is 1. The molecule has 9 rings (SSSR count). The Morgan fingerprint density at radius 2 is 1.61 bits per heavy atom. The van der Waals surface area contributed by atoms with E-state index in [4.69, 9.17) is 29.4 Å². The number of hydrogen-bond acceptors (Lipinski definition) is 16. The number of benzene rings is 2. The molecule has 5 fully saturated rings. The molecule has 0 spiro atoms. The van der Waals surface area contributed by atoms with Gasteiger partial charge in [0.05, 0.1) is 30.2 Å². The molecule has 5 heterocycles. The van der Waals surface area contributed by atoms with Gasteiger partial charge in [-0.15, -0.1) is 10.2 Å². The van der Waals surface area contributed by atoms with Gasteiger partial charge >= 0.3 is 12.1 Å². The van der Waals surface area contributed by atoms with E-state index in [0.29, 0.717) is 61.2 Å². The summed E-state index contributed by atoms with van der Waals surface area (Å²) in [6, 6.07) is 21.0. The van der Waals surface area contributed by atoms with Gasteiger partial charge in [0, 0.05) is 80.3 Å². The second-order valence-electron chi connectivity index (χ2n) is 22.6. The van der Waals surface area contributed by atoms with Crippen LogP contribution in [0, 0.1) is 5.41 Å². The van der Waals surface area contributed by atoms with Crippen LogP contribution in [0.1, 0.15) is 110 Å². The van der Waals surface area contributed by atoms with Crippen molar-refractivity contribution in [2.75, 3.05) is 74.3 Å². The average Bonchev–Trinajstić information content (AvgIpc) is 3.68. The predicted octanol–water partition coefficient (Wildman–Crippen LogP) is 7.77. The molecule has 4 N–H and O–H groups in total. The minimum atomic E-state index is -1.24. The number of nitrogens with zero attached hydrogens (tertiary/aromatic N) is 7. The molecule has 2 unspecified atom stereocenters. The van der Waals surface area contributed by atoms with Crippen molar-refractivity contribution in [2.24, 2.45) is 5.41 Å². The molecule has 2 bridgehead atoms. The van der Waals surface area contributed by atoms with E-state index in [1.807, 2.05) is 95.7 Å². The highest BCUT2D eigenvalue weighted by Crippen LogP contribution is 2.43. The van der Waals surface area contributed by atoms with E-state index in [2.05, 4.69) is 52.6 Å². The first-order valence-corrected chi connectivity index (χ1v) is 27.7. The van der Waals surface area contributed by atoms with Crippen molar-refractivity contribution < 1.29 is 42.9 Å². The van der Waals surface area contributed by atoms with Gasteiger partial charge < -0.3 is 59.7 Å². The fourth-order valence-corrected chi connectivity index (χ4v) is 11.1. The number of nitrogens with one attached hydrogen (secondary N) is 2. The molecule has 2 aromatic carbocycles. The number of rotatable bonds is 21. The van der Waals surface area contributed by atoms with Crippen LogP contribution in [-0.2, 0) is 35.2 Å². The van der Waals surface area contributed by atoms with E-state index in [9.17, 15) is 19.2 Å². The lowest BCUT2D eigenvalue weighted by atomic mass is 9.68. The van der Waals surface area contributed by atoms with Crippen LogP contribution in [0.2, 0.25) is 0 Å². The number of ether oxygens (including phenoxy) is 5. The molecule has 3 atom stereocenters. The highest BCUT2D eigenvalue weighted by Gasteiger charge is 2.53. The lowest BCUT2D eigenvalue weighted by Gasteiger charge is -2.43. The Hall–Kier alpha value is -6.73. The summed E-state index contributed by atoms with van der Waals surface area (Å²) in [5, 5.41) is 14.9. The first kappa shape index (κ1) is 55.0. The molecule has 414 valence electrons. The zero-order chi connectivity index (χ0) is 54.3. The molecule has 19 nitrogen and oxygen atoms in total. The summed E-state index contributed by atoms with van der Waals surface area (Å²) in [6.45, 7) is 11.5. The normalized spacial score (nSPS) is 21.4. The molecular weight excluding hydrogens is 981 g/mol. The number of piperazine rings is 1. The second-order valence-corrected chi connectivity index (χ2v) is 22.6. The lowest BCUT2D eigenvalue weighted by Crippen LogP contribution is -2.56. The maximum absolute atomic E-state index is 13.7. The average molecular weight is 1060 g/mol. The van der Waals surface area contributed by atoms with E-state index in [1.165, 1.54) is 0 Å². The molecule has 2 saturated carbocycles. The number of esters is 1. The summed E-state index contributed by atoms with van der Waals surface area (Å²) in [5.74, 6) is 0.315. The Labute approximate surface area is 452 Å². The molecule has 3 amide bonds. The van der Waals surface area contributed by atoms with Crippen molar-refractivity contribution in [1.29, 1.82) is 0 Å². The highest BCUT2D eigenvalue weighted by atomic mass is 16.6. The summed E-state index contributed by atoms with van der Waals surface area (Å²) in [7, 11) is 4.00. The van der Waals surface area contributed by atoms with Gasteiger partial charge in [-0.25, -0.2) is 9.78 Å². The smallest absolute Gasteiger partial charge is 0.410 e. The van der Waals surface area contributed by atoms with Crippen LogP contribution < -0.4 is 35.6 Å². The molecule has 5 aliphatic rings. The fraction of sp³-hybridized carbons (Fsp3) is 0.569. The van der Waals surface area contributed by atoms with Crippen LogP contribution >= 0.6 is 0 Å². The number of nitrogen functional groups attached to an aromatic ring is 1. The first-order valence-electron chi connectivity index (χ1n) is 27.7. The number of aromatic nitrogens is 3. The molecular formula is C58H78N10O9. The fourth-order valence-electron chi connectivity index (χ4n) is 11.1. The van der Waals surface area contributed by atoms with Crippen LogP contribution in [0.25, 0.3) is 11.3 Å². The zero-order valence-corrected chi connectivity index (χ0v) is 45.7. The van der Waals surface area contributed by atoms with Crippen molar-refractivity contribution in [1.82, 2.24) is 30.3 Å². The molecule has 77 heavy (non-hydrogen) atoms. The minimum absolute atomic E-state index is 0.0423. The van der Waals surface area contributed by atoms with Gasteiger partial charge in [-0.2, -0.15) is 0 Å². The topological polar surface area (TPSA) is 216 Å². The van der Waals surface area contributed by atoms with E-state index in [-0.39, 0.29) is 55.6 Å². The third-order valence-corrected chi connectivity index (χ3v) is 15.5. The third kappa shape index (κ3) is 13.5. The number of amides is 3. The zero-order valence-electron chi connectivity index (χ0n) is 45.7. The highest BCUT2D eigenvalue weighted by molar-refractivity contribution is 6.06. The maximum atomic E-state index is 13.7. The Morgan fingerprint density at radius 1 is 0.883 bits per heavy atom. The van der Waals surface area contributed by atoms with Crippen LogP contribution in [0.3, 0.4) is 0 Å². The number of likely N-dealkylation sites (tertiary alicyclic amines) is 1. The lowest BCUT2D eigenvalue weighted by molar-refractivity contribution is -0.167. The number of para-hydroxylation sites is 1. The van der Waals surface area contributed by atoms with Crippen LogP contribution in [0.4, 0.5) is 27.7 Å². The van der Waals surface area contributed by atoms with Gasteiger partial charge in [-0.3, -0.25) is 14.4 Å². The van der Waals surface area contributed by atoms with Gasteiger partial charge in [0.2, 0.25) is 17.7 Å². The van der Waals surface area contributed by atoms with Crippen molar-refractivity contribution in [3.8, 4) is 22.9 Å². The molecule has 4 aromatic rings. The maximum Gasteiger partial charge on any atom is 0.410 e. The predicted molar refractivity (Wildman–Crippen MR) is 294 cm³/mol. The van der Waals surface area contributed by atoms with Gasteiger partial charge in [0.25, 0.3) is 0 Å². The number of piperidine rings is 1. The monoisotopic (exact) mass is 1060 g/mol. The van der Waals surface area contributed by atoms with Gasteiger partial charge in [0.1, 0.15) is 35.5 Å². The molecule has 2 aliphatic carbocycles. The molecule has 2 aromatic heterocycles. The van der Waals surface area contributed by atoms with Gasteiger partial charge in [0.15, 0.2) is 5.82 Å². The standard InChI is InChI=1S/C58H78N10O9/c1-7-73-55(71)58(25-12-26-58)54(70)62-47(14-10-11-28-65(5)6)53(69)61-39-18-16-38(17-19-39)37-74-50-15-9-8-13-46(50)48-34-49(52(59)64-63-48)67-35-41-20-21-42(36-67)68(41)40-22-27-60-51(31-40)76-45-32-44(33-45)75-43-23-29-66(30-24-43)56(72)77-57(2,3)4/h8-9,13,15-19,22,27,31,34,41-45,47H,7,10-12,14,20-21,23-26,28-30,32-33,35-37H2,1-6H3,(H2,59,64)(H,61,69)(H,62,70)/t41?,42?,44?,45?,47-/m0/s1. The first-order chi connectivity index (χ1) is 37.0. The summed E-state index contributed by atoms with van der Waals surface area (Å²) < 4.78 is 30.1. The molecule has 0 radical (unpaired) electrons. The van der Waals surface area contributed by atoms with E-state index in [0.717, 1.165) is 99.9 Å². The van der Waals surface area contributed by atoms with Crippen molar-refractivity contribution in [3.05, 3.63) is 78.5 Å². The Bertz CT molecular complexity index is 2670. The minimum Gasteiger partial charge on any atom is -0.488 e. The van der Waals surface area contributed by atoms with Gasteiger partial charge in [-0.05, 0) is 148 Å². The Balaban J connectivity index is 0.770. The largest absolute Gasteiger partial charge is 0.488 e. The van der Waals surface area contributed by atoms with Crippen LogP contribution in [0.15, 0.2) is 72.9 Å². The SMILES string of the molecule is CCOC(=O)C1(C(=O)N[C@@H](CCCCN(C)C)C(=O)Nc2ccc(COc3ccccc3-c3cc(N4CC5CCC(C4)N5c4ccnc(OC5CC(OC6CCN(C(=O)OC(C)(C)C)CC6)C5)c4)c(N)nn3)cc2)CCC1. The number of carbonyl (C=O) groups excluding carboxylic acids is 4. The molecule has 3 saturated heterocycles. The summed E-state index contributed by atoms with van der Waals surface area (Å²) >= 11 is 0. The number of fused-ring (bicyclic) bond motifs is 2. The van der Waals surface area contributed by atoms with Crippen molar-refractivity contribution >= 4 is 46.8 Å². The van der Waals surface area contributed by atoms with Crippen molar-refractivity contribution in [3.63, 3.8) is 0 Å². The number of nitrogens with two attached hydrogens (primary N) is 1. The summed E-state index contributed by atoms with van der Waals surface area (Å²) in [6.07, 6.45) is 10.8.